The maximum atomic E-state index is 13.1. The van der Waals surface area contributed by atoms with E-state index in [1.807, 2.05) is 30.5 Å². The second-order valence-corrected chi connectivity index (χ2v) is 8.36. The molecule has 0 spiro atoms. The van der Waals surface area contributed by atoms with Crippen LogP contribution in [0.4, 0.5) is 17.2 Å². The summed E-state index contributed by atoms with van der Waals surface area (Å²) < 4.78 is 7.18. The Labute approximate surface area is 187 Å². The molecular weight excluding hydrogens is 406 g/mol. The zero-order valence-electron chi connectivity index (χ0n) is 18.3. The molecule has 2 fully saturated rings. The lowest BCUT2D eigenvalue weighted by atomic mass is 10.1. The summed E-state index contributed by atoms with van der Waals surface area (Å²) in [7, 11) is 1.62. The van der Waals surface area contributed by atoms with Crippen molar-refractivity contribution in [2.45, 2.75) is 31.7 Å². The summed E-state index contributed by atoms with van der Waals surface area (Å²) >= 11 is 0. The number of benzene rings is 1. The quantitative estimate of drug-likeness (QED) is 0.548. The Hall–Kier alpha value is -3.33. The summed E-state index contributed by atoms with van der Waals surface area (Å²) in [5.74, 6) is 1.11. The molecular formula is C23H29N7O2. The molecule has 2 aliphatic heterocycles. The van der Waals surface area contributed by atoms with E-state index in [1.165, 1.54) is 12.8 Å². The van der Waals surface area contributed by atoms with Crippen molar-refractivity contribution >= 4 is 28.7 Å². The number of rotatable bonds is 6. The van der Waals surface area contributed by atoms with E-state index >= 15 is 0 Å². The smallest absolute Gasteiger partial charge is 0.261 e. The Morgan fingerprint density at radius 1 is 1.22 bits per heavy atom. The van der Waals surface area contributed by atoms with Gasteiger partial charge in [0.15, 0.2) is 5.65 Å². The Balaban J connectivity index is 1.35. The zero-order chi connectivity index (χ0) is 21.9. The molecule has 3 aromatic rings. The molecule has 0 bridgehead atoms. The highest BCUT2D eigenvalue weighted by atomic mass is 16.5. The maximum Gasteiger partial charge on any atom is 0.261 e. The molecule has 1 atom stereocenters. The van der Waals surface area contributed by atoms with E-state index < -0.39 is 0 Å². The number of nitrogens with one attached hydrogen (secondary N) is 3. The van der Waals surface area contributed by atoms with Crippen molar-refractivity contribution in [3.05, 3.63) is 42.2 Å². The van der Waals surface area contributed by atoms with Crippen LogP contribution in [0.3, 0.4) is 0 Å². The minimum atomic E-state index is -0.267. The number of ether oxygens (including phenoxy) is 1. The van der Waals surface area contributed by atoms with Crippen LogP contribution >= 0.6 is 0 Å². The molecule has 168 valence electrons. The van der Waals surface area contributed by atoms with Crippen LogP contribution in [0.15, 0.2) is 36.7 Å². The summed E-state index contributed by atoms with van der Waals surface area (Å²) in [5, 5.41) is 14.1. The largest absolute Gasteiger partial charge is 0.494 e. The van der Waals surface area contributed by atoms with Gasteiger partial charge >= 0.3 is 0 Å². The van der Waals surface area contributed by atoms with Gasteiger partial charge in [-0.3, -0.25) is 4.79 Å². The number of piperidine rings is 1. The molecule has 1 aromatic carbocycles. The summed E-state index contributed by atoms with van der Waals surface area (Å²) in [6.07, 6.45) is 8.02. The topological polar surface area (TPSA) is 95.8 Å². The van der Waals surface area contributed by atoms with Crippen molar-refractivity contribution in [2.75, 3.05) is 48.8 Å². The lowest BCUT2D eigenvalue weighted by Gasteiger charge is -2.24. The molecule has 2 aliphatic rings. The lowest BCUT2D eigenvalue weighted by Crippen LogP contribution is -2.38. The molecule has 3 N–H and O–H groups in total. The van der Waals surface area contributed by atoms with Gasteiger partial charge in [0.25, 0.3) is 5.91 Å². The van der Waals surface area contributed by atoms with Crippen molar-refractivity contribution < 1.29 is 9.53 Å². The molecule has 0 saturated carbocycles. The molecule has 1 amide bonds. The van der Waals surface area contributed by atoms with Crippen LogP contribution in [0.25, 0.3) is 5.65 Å². The predicted molar refractivity (Wildman–Crippen MR) is 125 cm³/mol. The minimum Gasteiger partial charge on any atom is -0.494 e. The standard InChI is InChI=1S/C23H29N7O2/c1-32-20-13-17(29-10-2-3-11-29)6-7-19(20)27-23(31)18-15-25-30-12-8-21(28-22(18)30)26-16-5-4-9-24-14-16/h6-8,12-13,15-16,24H,2-5,9-11,14H2,1H3,(H,26,28)(H,27,31)/t16-/m1/s1. The fraction of sp³-hybridized carbons (Fsp3) is 0.435. The monoisotopic (exact) mass is 435 g/mol. The average molecular weight is 436 g/mol. The van der Waals surface area contributed by atoms with Crippen LogP contribution in [0, 0.1) is 0 Å². The normalized spacial score (nSPS) is 18.7. The fourth-order valence-electron chi connectivity index (χ4n) is 4.44. The molecule has 9 heteroatoms. The van der Waals surface area contributed by atoms with Crippen molar-refractivity contribution in [2.24, 2.45) is 0 Å². The van der Waals surface area contributed by atoms with Crippen molar-refractivity contribution in [3.8, 4) is 5.75 Å². The van der Waals surface area contributed by atoms with E-state index in [-0.39, 0.29) is 5.91 Å². The van der Waals surface area contributed by atoms with Gasteiger partial charge < -0.3 is 25.6 Å². The van der Waals surface area contributed by atoms with Gasteiger partial charge in [-0.15, -0.1) is 0 Å². The van der Waals surface area contributed by atoms with Gasteiger partial charge in [-0.2, -0.15) is 5.10 Å². The van der Waals surface area contributed by atoms with Crippen LogP contribution in [-0.4, -0.2) is 59.8 Å². The van der Waals surface area contributed by atoms with E-state index in [2.05, 4.69) is 30.9 Å². The Morgan fingerprint density at radius 3 is 2.88 bits per heavy atom. The molecule has 2 aromatic heterocycles. The number of methoxy groups -OCH3 is 1. The van der Waals surface area contributed by atoms with Crippen molar-refractivity contribution in [1.82, 2.24) is 19.9 Å². The van der Waals surface area contributed by atoms with Crippen LogP contribution in [0.1, 0.15) is 36.0 Å². The van der Waals surface area contributed by atoms with Gasteiger partial charge in [-0.25, -0.2) is 9.50 Å². The molecule has 9 nitrogen and oxygen atoms in total. The van der Waals surface area contributed by atoms with Gasteiger partial charge in [0.1, 0.15) is 17.1 Å². The molecule has 5 rings (SSSR count). The Morgan fingerprint density at radius 2 is 2.09 bits per heavy atom. The summed E-state index contributed by atoms with van der Waals surface area (Å²) in [6.45, 7) is 4.07. The molecule has 0 radical (unpaired) electrons. The van der Waals surface area contributed by atoms with Gasteiger partial charge in [0.05, 0.1) is 19.0 Å². The zero-order valence-corrected chi connectivity index (χ0v) is 18.3. The molecule has 2 saturated heterocycles. The average Bonchev–Trinajstić information content (AvgIpc) is 3.50. The van der Waals surface area contributed by atoms with Crippen molar-refractivity contribution in [1.29, 1.82) is 0 Å². The third kappa shape index (κ3) is 4.20. The highest BCUT2D eigenvalue weighted by molar-refractivity contribution is 6.08. The first-order chi connectivity index (χ1) is 15.7. The van der Waals surface area contributed by atoms with Crippen LogP contribution in [-0.2, 0) is 0 Å². The number of carbonyl (C=O) groups excluding carboxylic acids is 1. The first kappa shape index (κ1) is 20.6. The first-order valence-corrected chi connectivity index (χ1v) is 11.3. The van der Waals surface area contributed by atoms with Gasteiger partial charge in [-0.05, 0) is 50.4 Å². The highest BCUT2D eigenvalue weighted by Gasteiger charge is 2.19. The number of hydrogen-bond donors (Lipinski definition) is 3. The number of anilines is 3. The lowest BCUT2D eigenvalue weighted by molar-refractivity contribution is 0.102. The van der Waals surface area contributed by atoms with Crippen LogP contribution in [0.2, 0.25) is 0 Å². The summed E-state index contributed by atoms with van der Waals surface area (Å²) in [6, 6.07) is 8.12. The van der Waals surface area contributed by atoms with Crippen molar-refractivity contribution in [3.63, 3.8) is 0 Å². The maximum absolute atomic E-state index is 13.1. The number of hydrogen-bond acceptors (Lipinski definition) is 7. The molecule has 0 unspecified atom stereocenters. The van der Waals surface area contributed by atoms with Gasteiger partial charge in [0.2, 0.25) is 0 Å². The first-order valence-electron chi connectivity index (χ1n) is 11.3. The Kier molecular flexibility index (Phi) is 5.81. The third-order valence-electron chi connectivity index (χ3n) is 6.17. The Bertz CT molecular complexity index is 1100. The molecule has 0 aliphatic carbocycles. The summed E-state index contributed by atoms with van der Waals surface area (Å²) in [5.41, 5.74) is 2.68. The number of carbonyl (C=O) groups is 1. The van der Waals surface area contributed by atoms with E-state index in [1.54, 1.807) is 17.8 Å². The summed E-state index contributed by atoms with van der Waals surface area (Å²) in [4.78, 5) is 20.1. The van der Waals surface area contributed by atoms with E-state index in [0.717, 1.165) is 50.5 Å². The number of amides is 1. The van der Waals surface area contributed by atoms with Gasteiger partial charge in [0, 0.05) is 43.6 Å². The SMILES string of the molecule is COc1cc(N2CCCC2)ccc1NC(=O)c1cnn2ccc(N[C@@H]3CCCNC3)nc12. The second kappa shape index (κ2) is 9.04. The predicted octanol–water partition coefficient (Wildman–Crippen LogP) is 2.75. The van der Waals surface area contributed by atoms with Crippen LogP contribution < -0.4 is 25.6 Å². The van der Waals surface area contributed by atoms with Gasteiger partial charge in [-0.1, -0.05) is 0 Å². The number of nitrogens with zero attached hydrogens (tertiary/aromatic N) is 4. The van der Waals surface area contributed by atoms with E-state index in [0.29, 0.717) is 28.7 Å². The van der Waals surface area contributed by atoms with Crippen LogP contribution in [0.5, 0.6) is 5.75 Å². The minimum absolute atomic E-state index is 0.267. The van der Waals surface area contributed by atoms with E-state index in [9.17, 15) is 4.79 Å². The number of fused-ring (bicyclic) bond motifs is 1. The highest BCUT2D eigenvalue weighted by Crippen LogP contribution is 2.32. The molecule has 4 heterocycles. The van der Waals surface area contributed by atoms with E-state index in [4.69, 9.17) is 4.74 Å². The third-order valence-corrected chi connectivity index (χ3v) is 6.17. The number of aromatic nitrogens is 3. The second-order valence-electron chi connectivity index (χ2n) is 8.36. The fourth-order valence-corrected chi connectivity index (χ4v) is 4.44. The molecule has 32 heavy (non-hydrogen) atoms.